The van der Waals surface area contributed by atoms with Gasteiger partial charge in [0.25, 0.3) is 0 Å². The summed E-state index contributed by atoms with van der Waals surface area (Å²) in [6, 6.07) is 0.420. The van der Waals surface area contributed by atoms with Gasteiger partial charge in [0.15, 0.2) is 0 Å². The number of nitrogens with zero attached hydrogens (tertiary/aromatic N) is 2. The number of hydrogen-bond donors (Lipinski definition) is 1. The van der Waals surface area contributed by atoms with Crippen LogP contribution in [0.25, 0.3) is 0 Å². The van der Waals surface area contributed by atoms with E-state index in [0.29, 0.717) is 10.8 Å². The molecule has 0 aromatic carbocycles. The molecule has 5 heteroatoms. The highest BCUT2D eigenvalue weighted by Crippen LogP contribution is 2.27. The molecule has 0 saturated heterocycles. The van der Waals surface area contributed by atoms with Gasteiger partial charge >= 0.3 is 0 Å². The van der Waals surface area contributed by atoms with Crippen LogP contribution in [0.2, 0.25) is 5.02 Å². The number of likely N-dealkylation sites (N-methyl/N-ethyl adjacent to an activating group) is 1. The minimum absolute atomic E-state index is 0.290. The van der Waals surface area contributed by atoms with Crippen LogP contribution in [0.15, 0.2) is 0 Å². The fourth-order valence-electron chi connectivity index (χ4n) is 2.04. The minimum atomic E-state index is 0.290. The number of aromatic nitrogens is 2. The summed E-state index contributed by atoms with van der Waals surface area (Å²) in [7, 11) is 2.02. The van der Waals surface area contributed by atoms with Crippen LogP contribution in [0.4, 0.5) is 0 Å². The van der Waals surface area contributed by atoms with Gasteiger partial charge in [-0.15, -0.1) is 0 Å². The Morgan fingerprint density at radius 3 is 2.45 bits per heavy atom. The van der Waals surface area contributed by atoms with Gasteiger partial charge in [-0.2, -0.15) is 16.9 Å². The van der Waals surface area contributed by atoms with Crippen molar-refractivity contribution in [1.82, 2.24) is 15.1 Å². The zero-order chi connectivity index (χ0) is 15.3. The minimum Gasteiger partial charge on any atom is -0.316 e. The molecular weight excluding hydrogens is 290 g/mol. The fraction of sp³-hybridized carbons (Fsp3) is 0.800. The Balaban J connectivity index is 2.81. The lowest BCUT2D eigenvalue weighted by Gasteiger charge is -2.23. The van der Waals surface area contributed by atoms with E-state index in [0.717, 1.165) is 35.9 Å². The van der Waals surface area contributed by atoms with E-state index >= 15 is 0 Å². The Kier molecular flexibility index (Phi) is 6.89. The second-order valence-electron chi connectivity index (χ2n) is 5.99. The first-order valence-electron chi connectivity index (χ1n) is 7.37. The second-order valence-corrected chi connectivity index (χ2v) is 8.21. The van der Waals surface area contributed by atoms with Crippen LogP contribution in [0.1, 0.15) is 46.0 Å². The van der Waals surface area contributed by atoms with Crippen molar-refractivity contribution in [2.24, 2.45) is 0 Å². The summed E-state index contributed by atoms with van der Waals surface area (Å²) in [4.78, 5) is 0. The summed E-state index contributed by atoms with van der Waals surface area (Å²) in [6.45, 7) is 11.8. The molecule has 0 aliphatic carbocycles. The molecule has 0 aliphatic rings. The van der Waals surface area contributed by atoms with Gasteiger partial charge in [0, 0.05) is 29.5 Å². The van der Waals surface area contributed by atoms with Crippen LogP contribution >= 0.6 is 23.4 Å². The van der Waals surface area contributed by atoms with Gasteiger partial charge < -0.3 is 5.32 Å². The molecule has 1 unspecified atom stereocenters. The average molecular weight is 318 g/mol. The van der Waals surface area contributed by atoms with Gasteiger partial charge in [-0.25, -0.2) is 0 Å². The lowest BCUT2D eigenvalue weighted by molar-refractivity contribution is 0.554. The smallest absolute Gasteiger partial charge is 0.0850 e. The molecule has 1 aromatic rings. The summed E-state index contributed by atoms with van der Waals surface area (Å²) in [5.74, 6) is 1.08. The lowest BCUT2D eigenvalue weighted by Crippen LogP contribution is -2.32. The molecule has 1 aromatic heterocycles. The first kappa shape index (κ1) is 17.9. The molecule has 1 rings (SSSR count). The summed E-state index contributed by atoms with van der Waals surface area (Å²) in [5.41, 5.74) is 2.18. The van der Waals surface area contributed by atoms with Crippen LogP contribution in [0.5, 0.6) is 0 Å². The zero-order valence-electron chi connectivity index (χ0n) is 13.6. The summed E-state index contributed by atoms with van der Waals surface area (Å²) < 4.78 is 2.34. The maximum Gasteiger partial charge on any atom is 0.0850 e. The maximum atomic E-state index is 6.48. The highest BCUT2D eigenvalue weighted by molar-refractivity contribution is 8.00. The van der Waals surface area contributed by atoms with E-state index in [4.69, 9.17) is 11.6 Å². The van der Waals surface area contributed by atoms with Crippen molar-refractivity contribution >= 4 is 23.4 Å². The first-order valence-corrected chi connectivity index (χ1v) is 8.74. The average Bonchev–Trinajstić information content (AvgIpc) is 2.69. The van der Waals surface area contributed by atoms with Gasteiger partial charge in [-0.1, -0.05) is 39.3 Å². The normalized spacial score (nSPS) is 13.8. The highest BCUT2D eigenvalue weighted by Gasteiger charge is 2.20. The van der Waals surface area contributed by atoms with E-state index in [9.17, 15) is 0 Å². The summed E-state index contributed by atoms with van der Waals surface area (Å²) in [5, 5.41) is 8.86. The Morgan fingerprint density at radius 1 is 1.35 bits per heavy atom. The van der Waals surface area contributed by atoms with Crippen LogP contribution in [-0.2, 0) is 19.4 Å². The van der Waals surface area contributed by atoms with E-state index in [-0.39, 0.29) is 0 Å². The fourth-order valence-corrected chi connectivity index (χ4v) is 3.37. The number of hydrogen-bond acceptors (Lipinski definition) is 3. The molecule has 0 amide bonds. The molecule has 1 atom stereocenters. The molecule has 0 bridgehead atoms. The van der Waals surface area contributed by atoms with Crippen LogP contribution in [0.3, 0.4) is 0 Å². The second kappa shape index (κ2) is 7.71. The van der Waals surface area contributed by atoms with E-state index in [2.05, 4.69) is 45.0 Å². The molecule has 0 radical (unpaired) electrons. The lowest BCUT2D eigenvalue weighted by atomic mass is 10.1. The van der Waals surface area contributed by atoms with E-state index in [1.807, 2.05) is 23.5 Å². The highest BCUT2D eigenvalue weighted by atomic mass is 35.5. The van der Waals surface area contributed by atoms with Gasteiger partial charge in [0.1, 0.15) is 0 Å². The quantitative estimate of drug-likeness (QED) is 0.830. The maximum absolute atomic E-state index is 6.48. The van der Waals surface area contributed by atoms with Gasteiger partial charge in [-0.3, -0.25) is 4.68 Å². The Morgan fingerprint density at radius 2 is 2.00 bits per heavy atom. The van der Waals surface area contributed by atoms with Crippen molar-refractivity contribution in [3.05, 3.63) is 16.4 Å². The summed E-state index contributed by atoms with van der Waals surface area (Å²) in [6.07, 6.45) is 1.82. The van der Waals surface area contributed by atoms with Crippen molar-refractivity contribution in [3.8, 4) is 0 Å². The monoisotopic (exact) mass is 317 g/mol. The van der Waals surface area contributed by atoms with Crippen molar-refractivity contribution in [3.63, 3.8) is 0 Å². The predicted octanol–water partition coefficient (Wildman–Crippen LogP) is 3.78. The number of aryl methyl sites for hydroxylation is 2. The summed E-state index contributed by atoms with van der Waals surface area (Å²) >= 11 is 8.46. The van der Waals surface area contributed by atoms with E-state index < -0.39 is 0 Å². The largest absolute Gasteiger partial charge is 0.316 e. The van der Waals surface area contributed by atoms with E-state index in [1.165, 1.54) is 5.69 Å². The predicted molar refractivity (Wildman–Crippen MR) is 91.1 cm³/mol. The molecule has 1 heterocycles. The SMILES string of the molecule is CCc1nn(CC)c(CC(CSC(C)(C)C)NC)c1Cl. The number of halogens is 1. The Bertz CT molecular complexity index is 423. The van der Waals surface area contributed by atoms with Crippen molar-refractivity contribution in [2.75, 3.05) is 12.8 Å². The molecule has 116 valence electrons. The van der Waals surface area contributed by atoms with Crippen molar-refractivity contribution in [2.45, 2.75) is 64.8 Å². The molecule has 3 nitrogen and oxygen atoms in total. The third kappa shape index (κ3) is 4.97. The van der Waals surface area contributed by atoms with Crippen LogP contribution < -0.4 is 5.32 Å². The van der Waals surface area contributed by atoms with E-state index in [1.54, 1.807) is 0 Å². The van der Waals surface area contributed by atoms with Crippen molar-refractivity contribution < 1.29 is 0 Å². The first-order chi connectivity index (χ1) is 9.32. The Hall–Kier alpha value is -0.190. The molecular formula is C15H28ClN3S. The topological polar surface area (TPSA) is 29.9 Å². The molecule has 0 fully saturated rings. The zero-order valence-corrected chi connectivity index (χ0v) is 15.2. The standard InChI is InChI=1S/C15H28ClN3S/c1-7-12-14(16)13(19(8-2)18-12)9-11(17-6)10-20-15(3,4)5/h11,17H,7-10H2,1-6H3. The number of nitrogens with one attached hydrogen (secondary N) is 1. The number of thioether (sulfide) groups is 1. The van der Waals surface area contributed by atoms with Gasteiger partial charge in [0.2, 0.25) is 0 Å². The number of rotatable bonds is 7. The molecule has 0 spiro atoms. The molecule has 0 aliphatic heterocycles. The van der Waals surface area contributed by atoms with Gasteiger partial charge in [0.05, 0.1) is 16.4 Å². The third-order valence-electron chi connectivity index (χ3n) is 3.26. The molecule has 1 N–H and O–H groups in total. The van der Waals surface area contributed by atoms with Crippen molar-refractivity contribution in [1.29, 1.82) is 0 Å². The van der Waals surface area contributed by atoms with Crippen LogP contribution in [0, 0.1) is 0 Å². The third-order valence-corrected chi connectivity index (χ3v) is 5.13. The molecule has 20 heavy (non-hydrogen) atoms. The van der Waals surface area contributed by atoms with Gasteiger partial charge in [-0.05, 0) is 20.4 Å². The molecule has 0 saturated carbocycles. The Labute approximate surface area is 132 Å². The van der Waals surface area contributed by atoms with Crippen LogP contribution in [-0.4, -0.2) is 33.4 Å².